The van der Waals surface area contributed by atoms with E-state index in [1.54, 1.807) is 35.4 Å². The third-order valence-corrected chi connectivity index (χ3v) is 23.1. The van der Waals surface area contributed by atoms with Crippen LogP contribution in [0.15, 0.2) is 11.6 Å². The molecule has 0 amide bonds. The van der Waals surface area contributed by atoms with Crippen molar-refractivity contribution in [3.8, 4) is 0 Å². The molecule has 0 aromatic rings. The molecule has 11 rings (SSSR count). The predicted octanol–water partition coefficient (Wildman–Crippen LogP) is 5.86. The predicted molar refractivity (Wildman–Crippen MR) is 312 cm³/mol. The zero-order chi connectivity index (χ0) is 63.6. The Morgan fingerprint density at radius 2 is 1.18 bits per heavy atom. The highest BCUT2D eigenvalue weighted by atomic mass is 17.2. The minimum Gasteiger partial charge on any atom is -0.454 e. The molecule has 3 saturated carbocycles. The van der Waals surface area contributed by atoms with E-state index in [1.807, 2.05) is 41.5 Å². The normalized spacial score (nSPS) is 52.3. The SMILES string of the molecule is CO[C@H]1[C@@H](O)[C@@H](C)O[C@@H](O[C@H]2[C@@H](OC)C[C@H](O[C@H]3[C@@H](OC)C[C@H](O[C@H]4[C@@H](OC)C[C@H](O[C@H]5[C@H](C)O[C@]6(CO[C@@H]7C[C@H](O[C@@H](C)[C@@]8(O)CCC9C%10CC=C%11C[C@@H](O)CC[C@]%11(C)C%10CC[C@@]98C)O[C@H](C)[C@H]7OO6)C[C@@H]5OC)O[C@@H]4C)O[C@@H]3C)O[C@@H]2C)[C@@H]1OC(C)=O. The molecular formula is C65H106O24. The van der Waals surface area contributed by atoms with Gasteiger partial charge in [0, 0.05) is 80.0 Å². The molecule has 4 aliphatic carbocycles. The van der Waals surface area contributed by atoms with Gasteiger partial charge in [-0.2, -0.15) is 4.89 Å². The fourth-order valence-electron chi connectivity index (χ4n) is 18.1. The largest absolute Gasteiger partial charge is 0.454 e. The Balaban J connectivity index is 0.652. The molecular weight excluding hydrogens is 1160 g/mol. The molecule has 1 spiro atoms. The van der Waals surface area contributed by atoms with Gasteiger partial charge in [-0.25, -0.2) is 4.89 Å². The van der Waals surface area contributed by atoms with Gasteiger partial charge in [0.15, 0.2) is 37.6 Å². The maximum Gasteiger partial charge on any atom is 0.303 e. The topological polar surface area (TPSA) is 262 Å². The van der Waals surface area contributed by atoms with Crippen LogP contribution in [0.25, 0.3) is 0 Å². The van der Waals surface area contributed by atoms with E-state index in [-0.39, 0.29) is 36.4 Å². The van der Waals surface area contributed by atoms with Crippen molar-refractivity contribution in [3.63, 3.8) is 0 Å². The highest BCUT2D eigenvalue weighted by Gasteiger charge is 2.66. The second-order valence-electron chi connectivity index (χ2n) is 28.3. The first-order valence-corrected chi connectivity index (χ1v) is 33.2. The molecule has 510 valence electrons. The monoisotopic (exact) mass is 1270 g/mol. The summed E-state index contributed by atoms with van der Waals surface area (Å²) in [6, 6.07) is 0. The molecule has 11 aliphatic rings. The Morgan fingerprint density at radius 1 is 0.618 bits per heavy atom. The highest BCUT2D eigenvalue weighted by molar-refractivity contribution is 5.66. The number of esters is 1. The lowest BCUT2D eigenvalue weighted by Gasteiger charge is -2.59. The van der Waals surface area contributed by atoms with Crippen molar-refractivity contribution in [2.45, 2.75) is 324 Å². The fraction of sp³-hybridized carbons (Fsp3) is 0.954. The maximum absolute atomic E-state index is 12.8. The average Bonchev–Trinajstić information content (AvgIpc) is 1.67. The number of carbonyl (C=O) groups excluding carboxylic acids is 1. The lowest BCUT2D eigenvalue weighted by Crippen LogP contribution is -2.62. The molecule has 7 aliphatic heterocycles. The van der Waals surface area contributed by atoms with E-state index in [2.05, 4.69) is 19.9 Å². The highest BCUT2D eigenvalue weighted by Crippen LogP contribution is 2.68. The van der Waals surface area contributed by atoms with Gasteiger partial charge < -0.3 is 101 Å². The van der Waals surface area contributed by atoms with Crippen molar-refractivity contribution in [1.82, 2.24) is 0 Å². The molecule has 0 aromatic carbocycles. The Hall–Kier alpha value is -1.67. The second kappa shape index (κ2) is 27.8. The Kier molecular flexibility index (Phi) is 21.5. The van der Waals surface area contributed by atoms with E-state index in [0.717, 1.165) is 44.9 Å². The minimum absolute atomic E-state index is 0.0555. The summed E-state index contributed by atoms with van der Waals surface area (Å²) in [5.74, 6) is -0.451. The van der Waals surface area contributed by atoms with Crippen molar-refractivity contribution < 1.29 is 115 Å². The molecule has 24 nitrogen and oxygen atoms in total. The van der Waals surface area contributed by atoms with Crippen LogP contribution in [0.2, 0.25) is 0 Å². The number of carbonyl (C=O) groups is 1. The van der Waals surface area contributed by atoms with Gasteiger partial charge in [0.05, 0.1) is 85.0 Å². The van der Waals surface area contributed by atoms with Gasteiger partial charge in [-0.05, 0) is 123 Å². The van der Waals surface area contributed by atoms with Crippen LogP contribution in [0, 0.1) is 28.6 Å². The van der Waals surface area contributed by atoms with E-state index >= 15 is 0 Å². The number of rotatable bonds is 17. The molecule has 7 heterocycles. The molecule has 7 saturated heterocycles. The number of hydrogen-bond donors (Lipinski definition) is 3. The third-order valence-electron chi connectivity index (χ3n) is 23.1. The Morgan fingerprint density at radius 3 is 1.75 bits per heavy atom. The van der Waals surface area contributed by atoms with Crippen molar-refractivity contribution >= 4 is 5.97 Å². The Labute approximate surface area is 525 Å². The molecule has 10 fully saturated rings. The van der Waals surface area contributed by atoms with Gasteiger partial charge in [0.25, 0.3) is 0 Å². The van der Waals surface area contributed by atoms with E-state index in [1.165, 1.54) is 19.6 Å². The lowest BCUT2D eigenvalue weighted by molar-refractivity contribution is -0.472. The van der Waals surface area contributed by atoms with E-state index < -0.39 is 171 Å². The molecule has 0 aromatic heterocycles. The molecule has 3 N–H and O–H groups in total. The molecule has 33 atom stereocenters. The van der Waals surface area contributed by atoms with Crippen LogP contribution in [0.3, 0.4) is 0 Å². The van der Waals surface area contributed by atoms with Crippen LogP contribution in [0.4, 0.5) is 0 Å². The smallest absolute Gasteiger partial charge is 0.303 e. The first kappa shape index (κ1) is 68.7. The van der Waals surface area contributed by atoms with Crippen LogP contribution in [0.5, 0.6) is 0 Å². The van der Waals surface area contributed by atoms with Crippen LogP contribution < -0.4 is 0 Å². The van der Waals surface area contributed by atoms with Crippen molar-refractivity contribution in [2.75, 3.05) is 42.2 Å². The molecule has 3 unspecified atom stereocenters. The average molecular weight is 1270 g/mol. The summed E-state index contributed by atoms with van der Waals surface area (Å²) in [5, 5.41) is 34.2. The maximum atomic E-state index is 12.8. The number of fused-ring (bicyclic) bond motifs is 6. The molecule has 0 radical (unpaired) electrons. The van der Waals surface area contributed by atoms with Gasteiger partial charge in [-0.15, -0.1) is 0 Å². The molecule has 24 heteroatoms. The summed E-state index contributed by atoms with van der Waals surface area (Å²) in [6.45, 7) is 19.3. The quantitative estimate of drug-likeness (QED) is 0.0875. The standard InChI is InChI=1S/C65H106O24/c1-31-53(68)59(74-15)60(82-38(8)66)61(80-31)86-56-34(4)78-51(27-46(56)72-13)84-54-32(2)76-50(25-44(54)70-11)83-55-33(3)77-52(26-45(55)71-12)85-57-36(6)87-64(29-48(57)73-14)30-75-47-28-49(79-35(5)58(47)88-89-64)81-37(7)65(69)23-20-43-41-17-16-39-24-40(67)18-21-62(39,9)42(41)19-22-63(43,65)10/h16,31-37,40-61,67-69H,17-30H2,1-15H3/t31-,32-,33-,34-,35-,36+,37+,40+,41?,42?,43?,44+,45+,46+,47-,48+,49+,50+,51+,52+,53+,54-,55-,56-,57+,58-,59+,60-,61+,62+,63+,64-,65+/m1/s1. The first-order valence-electron chi connectivity index (χ1n) is 33.2. The van der Waals surface area contributed by atoms with Crippen LogP contribution >= 0.6 is 0 Å². The first-order chi connectivity index (χ1) is 42.4. The lowest BCUT2D eigenvalue weighted by atomic mass is 9.46. The summed E-state index contributed by atoms with van der Waals surface area (Å²) in [6.07, 6.45) is -4.82. The molecule has 0 bridgehead atoms. The molecule has 89 heavy (non-hydrogen) atoms. The van der Waals surface area contributed by atoms with Crippen molar-refractivity contribution in [2.24, 2.45) is 28.6 Å². The van der Waals surface area contributed by atoms with Gasteiger partial charge in [-0.3, -0.25) is 4.79 Å². The number of allylic oxidation sites excluding steroid dienone is 1. The minimum atomic E-state index is -1.32. The summed E-state index contributed by atoms with van der Waals surface area (Å²) in [4.78, 5) is 24.6. The Bertz CT molecular complexity index is 2390. The number of ether oxygens (including phenoxy) is 18. The van der Waals surface area contributed by atoms with Gasteiger partial charge in [0.1, 0.15) is 49.3 Å². The summed E-state index contributed by atoms with van der Waals surface area (Å²) in [7, 11) is 7.90. The van der Waals surface area contributed by atoms with Crippen LogP contribution in [0.1, 0.15) is 153 Å². The zero-order valence-electron chi connectivity index (χ0n) is 55.1. The van der Waals surface area contributed by atoms with Crippen LogP contribution in [-0.2, 0) is 99.8 Å². The van der Waals surface area contributed by atoms with Gasteiger partial charge in [-0.1, -0.05) is 25.5 Å². The second-order valence-corrected chi connectivity index (χ2v) is 28.3. The number of methoxy groups -OCH3 is 5. The van der Waals surface area contributed by atoms with E-state index in [0.29, 0.717) is 43.4 Å². The van der Waals surface area contributed by atoms with E-state index in [9.17, 15) is 20.1 Å². The van der Waals surface area contributed by atoms with Crippen molar-refractivity contribution in [3.05, 3.63) is 11.6 Å². The number of hydrogen-bond acceptors (Lipinski definition) is 24. The van der Waals surface area contributed by atoms with E-state index in [4.69, 9.17) is 95.0 Å². The fourth-order valence-corrected chi connectivity index (χ4v) is 18.1. The number of aliphatic hydroxyl groups excluding tert-OH is 2. The summed E-state index contributed by atoms with van der Waals surface area (Å²) in [5.41, 5.74) is 0.234. The van der Waals surface area contributed by atoms with Crippen molar-refractivity contribution in [1.29, 1.82) is 0 Å². The van der Waals surface area contributed by atoms with Gasteiger partial charge in [0.2, 0.25) is 5.79 Å². The van der Waals surface area contributed by atoms with Crippen LogP contribution in [-0.4, -0.2) is 234 Å². The zero-order valence-corrected chi connectivity index (χ0v) is 55.1. The van der Waals surface area contributed by atoms with Gasteiger partial charge >= 0.3 is 5.97 Å². The number of aliphatic hydroxyl groups is 3. The summed E-state index contributed by atoms with van der Waals surface area (Å²) < 4.78 is 114. The third kappa shape index (κ3) is 13.4. The summed E-state index contributed by atoms with van der Waals surface area (Å²) >= 11 is 0.